The fraction of sp³-hybridized carbons (Fsp3) is 0.545. The van der Waals surface area contributed by atoms with Gasteiger partial charge in [0.25, 0.3) is 0 Å². The van der Waals surface area contributed by atoms with E-state index in [1.54, 1.807) is 6.92 Å². The average molecular weight is 290 g/mol. The van der Waals surface area contributed by atoms with Gasteiger partial charge in [0, 0.05) is 18.5 Å². The lowest BCUT2D eigenvalue weighted by Crippen LogP contribution is -2.36. The number of hydrogen-bond donors (Lipinski definition) is 2. The number of hydrogen-bond acceptors (Lipinski definition) is 3. The number of aromatic nitrogens is 2. The highest BCUT2D eigenvalue weighted by Gasteiger charge is 2.40. The van der Waals surface area contributed by atoms with Crippen molar-refractivity contribution < 1.29 is 22.8 Å². The van der Waals surface area contributed by atoms with E-state index in [0.717, 1.165) is 0 Å². The van der Waals surface area contributed by atoms with Crippen LogP contribution in [0.4, 0.5) is 19.0 Å². The average Bonchev–Trinajstić information content (AvgIpc) is 2.85. The Balaban J connectivity index is 1.96. The Hall–Kier alpha value is -2.06. The van der Waals surface area contributed by atoms with Crippen molar-refractivity contribution >= 4 is 17.6 Å². The maximum Gasteiger partial charge on any atom is 0.406 e. The minimum absolute atomic E-state index is 0.213. The topological polar surface area (TPSA) is 78.1 Å². The zero-order chi connectivity index (χ0) is 14.9. The van der Waals surface area contributed by atoms with E-state index in [1.165, 1.54) is 6.20 Å². The molecule has 2 amide bonds. The second-order valence-electron chi connectivity index (χ2n) is 4.71. The van der Waals surface area contributed by atoms with Gasteiger partial charge in [-0.3, -0.25) is 14.7 Å². The predicted molar refractivity (Wildman–Crippen MR) is 62.7 cm³/mol. The second kappa shape index (κ2) is 5.14. The van der Waals surface area contributed by atoms with Crippen molar-refractivity contribution in [3.8, 4) is 0 Å². The van der Waals surface area contributed by atoms with Crippen LogP contribution in [0.5, 0.6) is 0 Å². The van der Waals surface area contributed by atoms with Gasteiger partial charge in [-0.15, -0.1) is 0 Å². The van der Waals surface area contributed by atoms with Crippen LogP contribution in [0.2, 0.25) is 0 Å². The number of nitrogens with one attached hydrogen (secondary N) is 2. The SMILES string of the molecule is Cc1cn[nH]c1NC(=O)C1CC(=O)N(CC(F)(F)F)C1. The Kier molecular flexibility index (Phi) is 3.69. The number of nitrogens with zero attached hydrogens (tertiary/aromatic N) is 2. The molecule has 1 unspecified atom stereocenters. The number of halogens is 3. The number of rotatable bonds is 3. The fourth-order valence-electron chi connectivity index (χ4n) is 2.02. The molecular weight excluding hydrogens is 277 g/mol. The first-order valence-corrected chi connectivity index (χ1v) is 5.91. The van der Waals surface area contributed by atoms with Crippen LogP contribution in [0, 0.1) is 12.8 Å². The Morgan fingerprint density at radius 2 is 2.30 bits per heavy atom. The number of carbonyl (C=O) groups is 2. The maximum atomic E-state index is 12.3. The Labute approximate surface area is 112 Å². The third-order valence-electron chi connectivity index (χ3n) is 3.03. The van der Waals surface area contributed by atoms with Crippen LogP contribution in [-0.4, -0.2) is 46.2 Å². The number of carbonyl (C=O) groups excluding carboxylic acids is 2. The Morgan fingerprint density at radius 3 is 2.85 bits per heavy atom. The normalized spacial score (nSPS) is 19.5. The molecule has 0 spiro atoms. The van der Waals surface area contributed by atoms with Gasteiger partial charge >= 0.3 is 6.18 Å². The van der Waals surface area contributed by atoms with Crippen molar-refractivity contribution in [2.75, 3.05) is 18.4 Å². The molecule has 1 aliphatic rings. The summed E-state index contributed by atoms with van der Waals surface area (Å²) in [6.45, 7) is 0.172. The van der Waals surface area contributed by atoms with Gasteiger partial charge in [0.2, 0.25) is 11.8 Å². The predicted octanol–water partition coefficient (Wildman–Crippen LogP) is 1.07. The first kappa shape index (κ1) is 14.4. The molecule has 1 saturated heterocycles. The van der Waals surface area contributed by atoms with Crippen LogP contribution in [0.1, 0.15) is 12.0 Å². The van der Waals surface area contributed by atoms with Gasteiger partial charge in [-0.25, -0.2) is 0 Å². The zero-order valence-electron chi connectivity index (χ0n) is 10.6. The van der Waals surface area contributed by atoms with Crippen molar-refractivity contribution in [1.82, 2.24) is 15.1 Å². The lowest BCUT2D eigenvalue weighted by Gasteiger charge is -2.18. The molecule has 0 aliphatic carbocycles. The van der Waals surface area contributed by atoms with E-state index in [0.29, 0.717) is 16.3 Å². The number of aryl methyl sites for hydroxylation is 1. The van der Waals surface area contributed by atoms with Crippen molar-refractivity contribution in [3.63, 3.8) is 0 Å². The van der Waals surface area contributed by atoms with Gasteiger partial charge in [-0.05, 0) is 6.92 Å². The number of anilines is 1. The number of aromatic amines is 1. The summed E-state index contributed by atoms with van der Waals surface area (Å²) in [6, 6.07) is 0. The molecule has 0 saturated carbocycles. The molecule has 0 aromatic carbocycles. The number of likely N-dealkylation sites (tertiary alicyclic amines) is 1. The molecule has 6 nitrogen and oxygen atoms in total. The summed E-state index contributed by atoms with van der Waals surface area (Å²) < 4.78 is 36.8. The molecule has 0 bridgehead atoms. The third-order valence-corrected chi connectivity index (χ3v) is 3.03. The molecule has 0 radical (unpaired) electrons. The summed E-state index contributed by atoms with van der Waals surface area (Å²) in [7, 11) is 0. The molecule has 1 atom stereocenters. The van der Waals surface area contributed by atoms with Crippen LogP contribution in [-0.2, 0) is 9.59 Å². The van der Waals surface area contributed by atoms with E-state index in [-0.39, 0.29) is 13.0 Å². The van der Waals surface area contributed by atoms with Gasteiger partial charge in [-0.1, -0.05) is 0 Å². The summed E-state index contributed by atoms with van der Waals surface area (Å²) in [5.41, 5.74) is 0.704. The Bertz CT molecular complexity index is 526. The van der Waals surface area contributed by atoms with Gasteiger partial charge < -0.3 is 10.2 Å². The fourth-order valence-corrected chi connectivity index (χ4v) is 2.02. The largest absolute Gasteiger partial charge is 0.406 e. The molecule has 2 rings (SSSR count). The molecule has 1 aliphatic heterocycles. The van der Waals surface area contributed by atoms with Crippen LogP contribution in [0.3, 0.4) is 0 Å². The van der Waals surface area contributed by atoms with E-state index in [4.69, 9.17) is 0 Å². The lowest BCUT2D eigenvalue weighted by atomic mass is 10.1. The summed E-state index contributed by atoms with van der Waals surface area (Å²) in [5.74, 6) is -1.55. The van der Waals surface area contributed by atoms with E-state index in [1.807, 2.05) is 0 Å². The summed E-state index contributed by atoms with van der Waals surface area (Å²) >= 11 is 0. The van der Waals surface area contributed by atoms with Crippen LogP contribution >= 0.6 is 0 Å². The summed E-state index contributed by atoms with van der Waals surface area (Å²) in [6.07, 6.45) is -3.17. The molecule has 2 N–H and O–H groups in total. The molecule has 1 fully saturated rings. The van der Waals surface area contributed by atoms with Gasteiger partial charge in [-0.2, -0.15) is 18.3 Å². The van der Waals surface area contributed by atoms with Gasteiger partial charge in [0.1, 0.15) is 12.4 Å². The van der Waals surface area contributed by atoms with Crippen LogP contribution in [0.15, 0.2) is 6.20 Å². The standard InChI is InChI=1S/C11H13F3N4O2/c1-6-3-15-17-9(6)16-10(20)7-2-8(19)18(4-7)5-11(12,13)14/h3,7H,2,4-5H2,1H3,(H2,15,16,17,20). The highest BCUT2D eigenvalue weighted by atomic mass is 19.4. The van der Waals surface area contributed by atoms with E-state index < -0.39 is 30.5 Å². The minimum atomic E-state index is -4.46. The number of alkyl halides is 3. The second-order valence-corrected chi connectivity index (χ2v) is 4.71. The van der Waals surface area contributed by atoms with Crippen LogP contribution in [0.25, 0.3) is 0 Å². The molecule has 1 aromatic rings. The van der Waals surface area contributed by atoms with Crippen molar-refractivity contribution in [2.24, 2.45) is 5.92 Å². The Morgan fingerprint density at radius 1 is 1.60 bits per heavy atom. The number of amides is 2. The third kappa shape index (κ3) is 3.28. The quantitative estimate of drug-likeness (QED) is 0.874. The molecule has 2 heterocycles. The molecule has 20 heavy (non-hydrogen) atoms. The van der Waals surface area contributed by atoms with E-state index >= 15 is 0 Å². The zero-order valence-corrected chi connectivity index (χ0v) is 10.6. The van der Waals surface area contributed by atoms with Gasteiger partial charge in [0.05, 0.1) is 12.1 Å². The first-order chi connectivity index (χ1) is 9.26. The monoisotopic (exact) mass is 290 g/mol. The minimum Gasteiger partial charge on any atom is -0.333 e. The smallest absolute Gasteiger partial charge is 0.333 e. The number of H-pyrrole nitrogens is 1. The lowest BCUT2D eigenvalue weighted by molar-refractivity contribution is -0.157. The molecule has 110 valence electrons. The van der Waals surface area contributed by atoms with Crippen molar-refractivity contribution in [1.29, 1.82) is 0 Å². The maximum absolute atomic E-state index is 12.3. The molecule has 9 heteroatoms. The highest BCUT2D eigenvalue weighted by molar-refractivity contribution is 5.96. The molecular formula is C11H13F3N4O2. The van der Waals surface area contributed by atoms with E-state index in [2.05, 4.69) is 15.5 Å². The van der Waals surface area contributed by atoms with Crippen molar-refractivity contribution in [3.05, 3.63) is 11.8 Å². The van der Waals surface area contributed by atoms with Crippen LogP contribution < -0.4 is 5.32 Å². The first-order valence-electron chi connectivity index (χ1n) is 5.91. The molecule has 1 aromatic heterocycles. The summed E-state index contributed by atoms with van der Waals surface area (Å²) in [5, 5.41) is 8.79. The highest BCUT2D eigenvalue weighted by Crippen LogP contribution is 2.24. The van der Waals surface area contributed by atoms with Crippen molar-refractivity contribution in [2.45, 2.75) is 19.5 Å². The van der Waals surface area contributed by atoms with E-state index in [9.17, 15) is 22.8 Å². The van der Waals surface area contributed by atoms with Gasteiger partial charge in [0.15, 0.2) is 0 Å². The summed E-state index contributed by atoms with van der Waals surface area (Å²) in [4.78, 5) is 24.0.